The maximum absolute atomic E-state index is 12.6. The third kappa shape index (κ3) is 5.02. The molecule has 1 aromatic heterocycles. The molecule has 3 rings (SSSR count). The normalized spacial score (nSPS) is 20.2. The molecule has 26 heavy (non-hydrogen) atoms. The average Bonchev–Trinajstić information content (AvgIpc) is 3.03. The SMILES string of the molecule is Cc1nc(C2CCNCC2)sc1C(=O)NCC1CCN(CC(=O)O)CC1. The molecule has 8 heteroatoms. The molecule has 1 aromatic rings. The largest absolute Gasteiger partial charge is 0.480 e. The molecule has 0 unspecified atom stereocenters. The number of nitrogens with one attached hydrogen (secondary N) is 2. The Morgan fingerprint density at radius 2 is 1.96 bits per heavy atom. The third-order valence-corrected chi connectivity index (χ3v) is 6.64. The number of carboxylic acid groups (broad SMARTS) is 1. The van der Waals surface area contributed by atoms with Crippen molar-refractivity contribution in [3.63, 3.8) is 0 Å². The monoisotopic (exact) mass is 380 g/mol. The number of nitrogens with zero attached hydrogens (tertiary/aromatic N) is 2. The van der Waals surface area contributed by atoms with Crippen LogP contribution in [-0.2, 0) is 4.79 Å². The standard InChI is InChI=1S/C18H28N4O3S/c1-12-16(26-18(21-12)14-2-6-19-7-3-14)17(25)20-10-13-4-8-22(9-5-13)11-15(23)24/h13-14,19H,2-11H2,1H3,(H,20,25)(H,23,24). The summed E-state index contributed by atoms with van der Waals surface area (Å²) >= 11 is 1.54. The van der Waals surface area contributed by atoms with Crippen LogP contribution in [0.15, 0.2) is 0 Å². The lowest BCUT2D eigenvalue weighted by atomic mass is 9.97. The van der Waals surface area contributed by atoms with Crippen LogP contribution in [0, 0.1) is 12.8 Å². The molecule has 2 saturated heterocycles. The molecule has 2 aliphatic rings. The molecule has 0 aliphatic carbocycles. The number of aryl methyl sites for hydroxylation is 1. The molecule has 0 aromatic carbocycles. The summed E-state index contributed by atoms with van der Waals surface area (Å²) in [6, 6.07) is 0. The van der Waals surface area contributed by atoms with Gasteiger partial charge in [0, 0.05) is 12.5 Å². The number of likely N-dealkylation sites (tertiary alicyclic amines) is 1. The van der Waals surface area contributed by atoms with E-state index in [1.54, 1.807) is 11.3 Å². The molecular weight excluding hydrogens is 352 g/mol. The van der Waals surface area contributed by atoms with Gasteiger partial charge in [0.2, 0.25) is 0 Å². The van der Waals surface area contributed by atoms with Gasteiger partial charge in [-0.05, 0) is 64.7 Å². The molecule has 0 bridgehead atoms. The Morgan fingerprint density at radius 3 is 2.62 bits per heavy atom. The van der Waals surface area contributed by atoms with Crippen molar-refractivity contribution < 1.29 is 14.7 Å². The van der Waals surface area contributed by atoms with Crippen LogP contribution in [0.25, 0.3) is 0 Å². The number of hydrogen-bond acceptors (Lipinski definition) is 6. The Bertz CT molecular complexity index is 634. The van der Waals surface area contributed by atoms with E-state index in [2.05, 4.69) is 15.6 Å². The van der Waals surface area contributed by atoms with Crippen molar-refractivity contribution in [2.75, 3.05) is 39.3 Å². The first-order valence-electron chi connectivity index (χ1n) is 9.43. The number of amides is 1. The van der Waals surface area contributed by atoms with E-state index in [0.29, 0.717) is 18.4 Å². The van der Waals surface area contributed by atoms with Gasteiger partial charge in [0.05, 0.1) is 17.2 Å². The van der Waals surface area contributed by atoms with Crippen molar-refractivity contribution in [1.29, 1.82) is 0 Å². The number of carbonyl (C=O) groups excluding carboxylic acids is 1. The zero-order valence-corrected chi connectivity index (χ0v) is 16.1. The van der Waals surface area contributed by atoms with Gasteiger partial charge in [0.15, 0.2) is 0 Å². The van der Waals surface area contributed by atoms with Gasteiger partial charge in [0.1, 0.15) is 4.88 Å². The van der Waals surface area contributed by atoms with Crippen LogP contribution in [0.2, 0.25) is 0 Å². The fraction of sp³-hybridized carbons (Fsp3) is 0.722. The van der Waals surface area contributed by atoms with Crippen LogP contribution in [0.1, 0.15) is 52.0 Å². The van der Waals surface area contributed by atoms with Gasteiger partial charge in [-0.3, -0.25) is 14.5 Å². The second kappa shape index (κ2) is 8.92. The van der Waals surface area contributed by atoms with Gasteiger partial charge >= 0.3 is 5.97 Å². The molecule has 144 valence electrons. The highest BCUT2D eigenvalue weighted by Gasteiger charge is 2.24. The quantitative estimate of drug-likeness (QED) is 0.691. The van der Waals surface area contributed by atoms with Crippen LogP contribution < -0.4 is 10.6 Å². The van der Waals surface area contributed by atoms with Crippen LogP contribution in [0.3, 0.4) is 0 Å². The molecule has 0 radical (unpaired) electrons. The summed E-state index contributed by atoms with van der Waals surface area (Å²) in [5.74, 6) is 0.0938. The average molecular weight is 381 g/mol. The van der Waals surface area contributed by atoms with E-state index < -0.39 is 5.97 Å². The Kier molecular flexibility index (Phi) is 6.61. The number of aromatic nitrogens is 1. The highest BCUT2D eigenvalue weighted by molar-refractivity contribution is 7.13. The summed E-state index contributed by atoms with van der Waals surface area (Å²) < 4.78 is 0. The number of carboxylic acids is 1. The summed E-state index contributed by atoms with van der Waals surface area (Å²) in [6.07, 6.45) is 4.02. The molecule has 0 atom stereocenters. The van der Waals surface area contributed by atoms with Gasteiger partial charge in [-0.15, -0.1) is 11.3 Å². The predicted octanol–water partition coefficient (Wildman–Crippen LogP) is 1.44. The second-order valence-corrected chi connectivity index (χ2v) is 8.34. The Morgan fingerprint density at radius 1 is 1.27 bits per heavy atom. The van der Waals surface area contributed by atoms with E-state index >= 15 is 0 Å². The lowest BCUT2D eigenvalue weighted by Gasteiger charge is -2.30. The number of carbonyl (C=O) groups is 2. The van der Waals surface area contributed by atoms with Crippen molar-refractivity contribution in [1.82, 2.24) is 20.5 Å². The molecule has 7 nitrogen and oxygen atoms in total. The molecular formula is C18H28N4O3S. The summed E-state index contributed by atoms with van der Waals surface area (Å²) in [6.45, 7) is 6.29. The minimum atomic E-state index is -0.776. The zero-order valence-electron chi connectivity index (χ0n) is 15.3. The highest BCUT2D eigenvalue weighted by Crippen LogP contribution is 2.30. The molecule has 3 heterocycles. The van der Waals surface area contributed by atoms with E-state index in [4.69, 9.17) is 5.11 Å². The number of aliphatic carboxylic acids is 1. The van der Waals surface area contributed by atoms with E-state index in [-0.39, 0.29) is 12.5 Å². The van der Waals surface area contributed by atoms with Crippen LogP contribution >= 0.6 is 11.3 Å². The fourth-order valence-corrected chi connectivity index (χ4v) is 4.88. The summed E-state index contributed by atoms with van der Waals surface area (Å²) in [5, 5.41) is 16.4. The van der Waals surface area contributed by atoms with E-state index in [1.165, 1.54) is 0 Å². The maximum atomic E-state index is 12.6. The predicted molar refractivity (Wildman–Crippen MR) is 101 cm³/mol. The summed E-state index contributed by atoms with van der Waals surface area (Å²) in [7, 11) is 0. The Balaban J connectivity index is 1.48. The van der Waals surface area contributed by atoms with E-state index in [9.17, 15) is 9.59 Å². The lowest BCUT2D eigenvalue weighted by Crippen LogP contribution is -2.40. The summed E-state index contributed by atoms with van der Waals surface area (Å²) in [5.41, 5.74) is 0.831. The first kappa shape index (κ1) is 19.3. The van der Waals surface area contributed by atoms with Crippen LogP contribution in [-0.4, -0.2) is 66.1 Å². The van der Waals surface area contributed by atoms with Crippen molar-refractivity contribution >= 4 is 23.2 Å². The number of rotatable bonds is 6. The number of thiazole rings is 1. The first-order valence-corrected chi connectivity index (χ1v) is 10.2. The van der Waals surface area contributed by atoms with Crippen LogP contribution in [0.5, 0.6) is 0 Å². The third-order valence-electron chi connectivity index (χ3n) is 5.33. The molecule has 2 aliphatic heterocycles. The van der Waals surface area contributed by atoms with Gasteiger partial charge in [0.25, 0.3) is 5.91 Å². The fourth-order valence-electron chi connectivity index (χ4n) is 3.73. The van der Waals surface area contributed by atoms with Crippen molar-refractivity contribution in [3.05, 3.63) is 15.6 Å². The molecule has 0 saturated carbocycles. The Hall–Kier alpha value is -1.51. The van der Waals surface area contributed by atoms with Gasteiger partial charge in [-0.1, -0.05) is 0 Å². The Labute approximate surface area is 158 Å². The summed E-state index contributed by atoms with van der Waals surface area (Å²) in [4.78, 5) is 30.7. The molecule has 2 fully saturated rings. The smallest absolute Gasteiger partial charge is 0.317 e. The van der Waals surface area contributed by atoms with Gasteiger partial charge < -0.3 is 15.7 Å². The number of hydrogen-bond donors (Lipinski definition) is 3. The van der Waals surface area contributed by atoms with Gasteiger partial charge in [-0.2, -0.15) is 0 Å². The maximum Gasteiger partial charge on any atom is 0.317 e. The minimum Gasteiger partial charge on any atom is -0.480 e. The topological polar surface area (TPSA) is 94.6 Å². The van der Waals surface area contributed by atoms with E-state index in [0.717, 1.165) is 67.4 Å². The first-order chi connectivity index (χ1) is 12.5. The lowest BCUT2D eigenvalue weighted by molar-refractivity contribution is -0.138. The van der Waals surface area contributed by atoms with E-state index in [1.807, 2.05) is 11.8 Å². The minimum absolute atomic E-state index is 0.0202. The molecule has 3 N–H and O–H groups in total. The molecule has 0 spiro atoms. The number of piperidine rings is 2. The molecule has 1 amide bonds. The van der Waals surface area contributed by atoms with Crippen molar-refractivity contribution in [3.8, 4) is 0 Å². The highest BCUT2D eigenvalue weighted by atomic mass is 32.1. The zero-order chi connectivity index (χ0) is 18.5. The van der Waals surface area contributed by atoms with Gasteiger partial charge in [-0.25, -0.2) is 4.98 Å². The van der Waals surface area contributed by atoms with Crippen molar-refractivity contribution in [2.45, 2.75) is 38.5 Å². The van der Waals surface area contributed by atoms with Crippen LogP contribution in [0.4, 0.5) is 0 Å². The second-order valence-electron chi connectivity index (χ2n) is 7.31. The van der Waals surface area contributed by atoms with Crippen molar-refractivity contribution in [2.24, 2.45) is 5.92 Å².